The molecule has 0 aliphatic heterocycles. The van der Waals surface area contributed by atoms with Crippen LogP contribution in [-0.4, -0.2) is 39.0 Å². The topological polar surface area (TPSA) is 104 Å². The second kappa shape index (κ2) is 8.19. The number of nitrogens with one attached hydrogen (secondary N) is 1. The fourth-order valence-corrected chi connectivity index (χ4v) is 5.83. The minimum atomic E-state index is -4.27. The van der Waals surface area contributed by atoms with Gasteiger partial charge in [0.1, 0.15) is 6.54 Å². The quantitative estimate of drug-likeness (QED) is 0.566. The number of nitrogens with zero attached hydrogens (tertiary/aromatic N) is 1. The zero-order valence-electron chi connectivity index (χ0n) is 14.8. The standard InChI is InChI=1S/C18H14Cl2N2O5S2/c1-21-18(25)15-9-28-16-7-12(2-3-14(15)16)22(8-17(23)24)29(26,27)13-5-10(19)4-11(20)6-13/h2-7,9H,8H2,1H3,(H,21,25)(H,23,24). The summed E-state index contributed by atoms with van der Waals surface area (Å²) < 4.78 is 27.7. The van der Waals surface area contributed by atoms with E-state index in [1.165, 1.54) is 48.7 Å². The van der Waals surface area contributed by atoms with Gasteiger partial charge in [0, 0.05) is 32.6 Å². The maximum atomic E-state index is 13.2. The Morgan fingerprint density at radius 2 is 1.79 bits per heavy atom. The molecule has 0 radical (unpaired) electrons. The molecule has 3 rings (SSSR count). The summed E-state index contributed by atoms with van der Waals surface area (Å²) in [4.78, 5) is 23.1. The van der Waals surface area contributed by atoms with E-state index >= 15 is 0 Å². The number of amides is 1. The number of hydrogen-bond acceptors (Lipinski definition) is 5. The van der Waals surface area contributed by atoms with Crippen LogP contribution in [0.4, 0.5) is 5.69 Å². The van der Waals surface area contributed by atoms with Gasteiger partial charge in [0.05, 0.1) is 16.1 Å². The van der Waals surface area contributed by atoms with Crippen molar-refractivity contribution >= 4 is 72.2 Å². The number of halogens is 2. The summed E-state index contributed by atoms with van der Waals surface area (Å²) in [5, 5.41) is 14.3. The zero-order valence-corrected chi connectivity index (χ0v) is 18.0. The average molecular weight is 473 g/mol. The van der Waals surface area contributed by atoms with Gasteiger partial charge in [0.2, 0.25) is 0 Å². The van der Waals surface area contributed by atoms with Crippen molar-refractivity contribution in [2.24, 2.45) is 0 Å². The molecule has 152 valence electrons. The fraction of sp³-hybridized carbons (Fsp3) is 0.111. The molecule has 0 aliphatic carbocycles. The number of thiophene rings is 1. The first kappa shape index (κ1) is 21.4. The molecule has 2 aromatic carbocycles. The Labute approximate surface area is 180 Å². The van der Waals surface area contributed by atoms with Crippen LogP contribution in [0.2, 0.25) is 10.0 Å². The summed E-state index contributed by atoms with van der Waals surface area (Å²) in [5.41, 5.74) is 0.592. The number of hydrogen-bond donors (Lipinski definition) is 2. The largest absolute Gasteiger partial charge is 0.480 e. The molecule has 1 heterocycles. The lowest BCUT2D eigenvalue weighted by molar-refractivity contribution is -0.135. The van der Waals surface area contributed by atoms with E-state index in [1.54, 1.807) is 11.4 Å². The van der Waals surface area contributed by atoms with Crippen molar-refractivity contribution in [3.05, 3.63) is 57.4 Å². The van der Waals surface area contributed by atoms with Crippen LogP contribution in [0, 0.1) is 0 Å². The maximum absolute atomic E-state index is 13.2. The van der Waals surface area contributed by atoms with Crippen LogP contribution >= 0.6 is 34.5 Å². The first-order chi connectivity index (χ1) is 13.6. The van der Waals surface area contributed by atoms with Crippen molar-refractivity contribution in [1.82, 2.24) is 5.32 Å². The van der Waals surface area contributed by atoms with Crippen molar-refractivity contribution in [3.8, 4) is 0 Å². The highest BCUT2D eigenvalue weighted by atomic mass is 35.5. The Morgan fingerprint density at radius 3 is 2.38 bits per heavy atom. The number of fused-ring (bicyclic) bond motifs is 1. The Hall–Kier alpha value is -2.33. The number of anilines is 1. The molecule has 0 saturated carbocycles. The number of carbonyl (C=O) groups is 2. The molecule has 2 N–H and O–H groups in total. The zero-order chi connectivity index (χ0) is 21.3. The number of carboxylic acids is 1. The minimum Gasteiger partial charge on any atom is -0.480 e. The third-order valence-electron chi connectivity index (χ3n) is 4.02. The summed E-state index contributed by atoms with van der Waals surface area (Å²) in [6, 6.07) is 8.34. The van der Waals surface area contributed by atoms with E-state index in [9.17, 15) is 23.1 Å². The molecule has 0 atom stereocenters. The van der Waals surface area contributed by atoms with Crippen LogP contribution in [0.25, 0.3) is 10.1 Å². The smallest absolute Gasteiger partial charge is 0.324 e. The van der Waals surface area contributed by atoms with E-state index in [0.29, 0.717) is 15.6 Å². The molecule has 0 bridgehead atoms. The molecule has 0 spiro atoms. The molecule has 0 saturated heterocycles. The van der Waals surface area contributed by atoms with Crippen molar-refractivity contribution in [3.63, 3.8) is 0 Å². The van der Waals surface area contributed by atoms with Gasteiger partial charge in [-0.05, 0) is 30.3 Å². The molecule has 3 aromatic rings. The molecule has 0 unspecified atom stereocenters. The molecule has 0 fully saturated rings. The lowest BCUT2D eigenvalue weighted by Crippen LogP contribution is -2.35. The number of benzene rings is 2. The predicted octanol–water partition coefficient (Wildman–Crippen LogP) is 3.85. The van der Waals surface area contributed by atoms with Crippen LogP contribution in [-0.2, 0) is 14.8 Å². The lowest BCUT2D eigenvalue weighted by atomic mass is 10.1. The Balaban J connectivity index is 2.14. The minimum absolute atomic E-state index is 0.107. The van der Waals surface area contributed by atoms with Crippen LogP contribution in [0.5, 0.6) is 0 Å². The van der Waals surface area contributed by atoms with Gasteiger partial charge in [-0.1, -0.05) is 29.3 Å². The Bertz CT molecular complexity index is 1200. The van der Waals surface area contributed by atoms with Gasteiger partial charge in [-0.15, -0.1) is 11.3 Å². The number of aliphatic carboxylic acids is 1. The molecule has 0 aliphatic rings. The second-order valence-corrected chi connectivity index (χ2v) is 9.57. The normalized spacial score (nSPS) is 11.4. The summed E-state index contributed by atoms with van der Waals surface area (Å²) in [6.07, 6.45) is 0. The molecule has 11 heteroatoms. The SMILES string of the molecule is CNC(=O)c1csc2cc(N(CC(=O)O)S(=O)(=O)c3cc(Cl)cc(Cl)c3)ccc12. The lowest BCUT2D eigenvalue weighted by Gasteiger charge is -2.23. The average Bonchev–Trinajstić information content (AvgIpc) is 3.07. The highest BCUT2D eigenvalue weighted by Crippen LogP contribution is 2.33. The molecule has 7 nitrogen and oxygen atoms in total. The highest BCUT2D eigenvalue weighted by molar-refractivity contribution is 7.92. The van der Waals surface area contributed by atoms with Crippen molar-refractivity contribution in [1.29, 1.82) is 0 Å². The summed E-state index contributed by atoms with van der Waals surface area (Å²) in [7, 11) is -2.76. The van der Waals surface area contributed by atoms with Gasteiger partial charge >= 0.3 is 5.97 Å². The van der Waals surface area contributed by atoms with Crippen LogP contribution in [0.1, 0.15) is 10.4 Å². The van der Waals surface area contributed by atoms with E-state index in [0.717, 1.165) is 4.31 Å². The summed E-state index contributed by atoms with van der Waals surface area (Å²) in [6.45, 7) is -0.800. The number of sulfonamides is 1. The number of carbonyl (C=O) groups excluding carboxylic acids is 1. The van der Waals surface area contributed by atoms with E-state index in [4.69, 9.17) is 23.2 Å². The van der Waals surface area contributed by atoms with Gasteiger partial charge in [-0.2, -0.15) is 0 Å². The fourth-order valence-electron chi connectivity index (χ4n) is 2.73. The van der Waals surface area contributed by atoms with E-state index in [1.807, 2.05) is 0 Å². The molecular weight excluding hydrogens is 459 g/mol. The Morgan fingerprint density at radius 1 is 1.14 bits per heavy atom. The third kappa shape index (κ3) is 4.32. The molecular formula is C18H14Cl2N2O5S2. The first-order valence-corrected chi connectivity index (χ1v) is 11.1. The van der Waals surface area contributed by atoms with Gasteiger partial charge in [0.15, 0.2) is 0 Å². The molecule has 1 amide bonds. The monoisotopic (exact) mass is 472 g/mol. The van der Waals surface area contributed by atoms with Crippen molar-refractivity contribution < 1.29 is 23.1 Å². The van der Waals surface area contributed by atoms with Crippen LogP contribution in [0.3, 0.4) is 0 Å². The van der Waals surface area contributed by atoms with Gasteiger partial charge in [-0.25, -0.2) is 8.42 Å². The molecule has 29 heavy (non-hydrogen) atoms. The van der Waals surface area contributed by atoms with Crippen molar-refractivity contribution in [2.75, 3.05) is 17.9 Å². The number of rotatable bonds is 6. The first-order valence-electron chi connectivity index (χ1n) is 8.07. The molecule has 1 aromatic heterocycles. The second-order valence-electron chi connectivity index (χ2n) is 5.92. The van der Waals surface area contributed by atoms with Crippen LogP contribution in [0.15, 0.2) is 46.7 Å². The van der Waals surface area contributed by atoms with Crippen LogP contribution < -0.4 is 9.62 Å². The van der Waals surface area contributed by atoms with Crippen molar-refractivity contribution in [2.45, 2.75) is 4.90 Å². The number of carboxylic acid groups (broad SMARTS) is 1. The third-order valence-corrected chi connectivity index (χ3v) is 7.16. The predicted molar refractivity (Wildman–Crippen MR) is 114 cm³/mol. The van der Waals surface area contributed by atoms with Gasteiger partial charge in [0.25, 0.3) is 15.9 Å². The van der Waals surface area contributed by atoms with Gasteiger partial charge < -0.3 is 10.4 Å². The van der Waals surface area contributed by atoms with E-state index < -0.39 is 22.5 Å². The summed E-state index contributed by atoms with van der Waals surface area (Å²) >= 11 is 13.1. The van der Waals surface area contributed by atoms with Gasteiger partial charge in [-0.3, -0.25) is 13.9 Å². The summed E-state index contributed by atoms with van der Waals surface area (Å²) in [5.74, 6) is -1.60. The highest BCUT2D eigenvalue weighted by Gasteiger charge is 2.28. The van der Waals surface area contributed by atoms with E-state index in [2.05, 4.69) is 5.32 Å². The van der Waals surface area contributed by atoms with E-state index in [-0.39, 0.29) is 26.5 Å². The maximum Gasteiger partial charge on any atom is 0.324 e. The Kier molecular flexibility index (Phi) is 6.04.